The Balaban J connectivity index is 2.91. The maximum absolute atomic E-state index is 10.8. The number of nitrogens with zero attached hydrogens (tertiary/aromatic N) is 1. The molecule has 1 atom stereocenters. The second-order valence-electron chi connectivity index (χ2n) is 2.30. The second kappa shape index (κ2) is 3.02. The van der Waals surface area contributed by atoms with Crippen molar-refractivity contribution in [1.29, 1.82) is 5.26 Å². The first kappa shape index (κ1) is 7.55. The predicted molar refractivity (Wildman–Crippen MR) is 39.8 cm³/mol. The van der Waals surface area contributed by atoms with Crippen LogP contribution in [0.3, 0.4) is 0 Å². The van der Waals surface area contributed by atoms with Gasteiger partial charge in [0.25, 0.3) is 0 Å². The van der Waals surface area contributed by atoms with Gasteiger partial charge in [-0.3, -0.25) is 4.79 Å². The van der Waals surface area contributed by atoms with Crippen molar-refractivity contribution in [1.82, 2.24) is 4.98 Å². The lowest BCUT2D eigenvalue weighted by molar-refractivity contribution is -0.117. The Hall–Kier alpha value is -1.56. The molecule has 0 aliphatic carbocycles. The zero-order chi connectivity index (χ0) is 8.27. The van der Waals surface area contributed by atoms with Crippen LogP contribution in [0.25, 0.3) is 0 Å². The van der Waals surface area contributed by atoms with Crippen molar-refractivity contribution in [2.75, 3.05) is 0 Å². The van der Waals surface area contributed by atoms with Crippen molar-refractivity contribution >= 4 is 5.78 Å². The maximum atomic E-state index is 10.8. The Kier molecular flexibility index (Phi) is 2.07. The van der Waals surface area contributed by atoms with E-state index in [0.717, 1.165) is 0 Å². The number of aromatic nitrogens is 1. The fourth-order valence-electron chi connectivity index (χ4n) is 0.903. The zero-order valence-electron chi connectivity index (χ0n) is 6.16. The first-order valence-corrected chi connectivity index (χ1v) is 3.29. The highest BCUT2D eigenvalue weighted by molar-refractivity contribution is 5.85. The quantitative estimate of drug-likeness (QED) is 0.685. The molecule has 0 fully saturated rings. The first-order valence-electron chi connectivity index (χ1n) is 3.29. The van der Waals surface area contributed by atoms with Gasteiger partial charge in [0.2, 0.25) is 0 Å². The molecule has 0 aliphatic rings. The van der Waals surface area contributed by atoms with Crippen molar-refractivity contribution in [3.63, 3.8) is 0 Å². The van der Waals surface area contributed by atoms with Gasteiger partial charge in [0.05, 0.1) is 6.07 Å². The summed E-state index contributed by atoms with van der Waals surface area (Å²) in [5.41, 5.74) is 0.667. The minimum atomic E-state index is -0.634. The van der Waals surface area contributed by atoms with E-state index in [-0.39, 0.29) is 5.78 Å². The Labute approximate surface area is 64.7 Å². The van der Waals surface area contributed by atoms with E-state index in [2.05, 4.69) is 4.98 Å². The summed E-state index contributed by atoms with van der Waals surface area (Å²) in [4.78, 5) is 13.7. The van der Waals surface area contributed by atoms with Gasteiger partial charge in [-0.1, -0.05) is 0 Å². The summed E-state index contributed by atoms with van der Waals surface area (Å²) in [6, 6.07) is 5.42. The smallest absolute Gasteiger partial charge is 0.152 e. The largest absolute Gasteiger partial charge is 0.364 e. The molecule has 3 heteroatoms. The number of hydrogen-bond donors (Lipinski definition) is 1. The van der Waals surface area contributed by atoms with E-state index in [4.69, 9.17) is 5.26 Å². The molecule has 0 amide bonds. The lowest BCUT2D eigenvalue weighted by Crippen LogP contribution is -2.06. The van der Waals surface area contributed by atoms with E-state index < -0.39 is 5.92 Å². The topological polar surface area (TPSA) is 56.6 Å². The highest BCUT2D eigenvalue weighted by atomic mass is 16.1. The normalized spacial score (nSPS) is 12.0. The third kappa shape index (κ3) is 1.47. The van der Waals surface area contributed by atoms with E-state index in [1.54, 1.807) is 18.3 Å². The van der Waals surface area contributed by atoms with E-state index in [0.29, 0.717) is 5.69 Å². The number of nitrogens with one attached hydrogen (secondary N) is 1. The average Bonchev–Trinajstić information content (AvgIpc) is 2.40. The van der Waals surface area contributed by atoms with E-state index in [1.807, 2.05) is 6.07 Å². The maximum Gasteiger partial charge on any atom is 0.152 e. The number of carbonyl (C=O) groups is 1. The number of H-pyrrole nitrogens is 1. The monoisotopic (exact) mass is 148 g/mol. The molecule has 3 nitrogen and oxygen atoms in total. The minimum Gasteiger partial charge on any atom is -0.364 e. The van der Waals surface area contributed by atoms with Crippen LogP contribution in [0.1, 0.15) is 18.5 Å². The fourth-order valence-corrected chi connectivity index (χ4v) is 0.903. The molecule has 1 aromatic heterocycles. The third-order valence-corrected chi connectivity index (χ3v) is 1.47. The molecule has 0 aliphatic heterocycles. The van der Waals surface area contributed by atoms with Crippen LogP contribution in [-0.2, 0) is 4.79 Å². The fraction of sp³-hybridized carbons (Fsp3) is 0.250. The summed E-state index contributed by atoms with van der Waals surface area (Å²) >= 11 is 0. The number of hydrogen-bond acceptors (Lipinski definition) is 2. The molecule has 1 unspecified atom stereocenters. The summed E-state index contributed by atoms with van der Waals surface area (Å²) in [6.45, 7) is 1.41. The summed E-state index contributed by atoms with van der Waals surface area (Å²) in [6.07, 6.45) is 1.70. The highest BCUT2D eigenvalue weighted by Crippen LogP contribution is 2.12. The lowest BCUT2D eigenvalue weighted by atomic mass is 10.0. The molecule has 1 aromatic rings. The van der Waals surface area contributed by atoms with E-state index in [9.17, 15) is 4.79 Å². The Morgan fingerprint density at radius 1 is 1.82 bits per heavy atom. The van der Waals surface area contributed by atoms with Crippen LogP contribution in [0.2, 0.25) is 0 Å². The average molecular weight is 148 g/mol. The van der Waals surface area contributed by atoms with Crippen molar-refractivity contribution < 1.29 is 4.79 Å². The number of aromatic amines is 1. The lowest BCUT2D eigenvalue weighted by Gasteiger charge is -1.99. The van der Waals surface area contributed by atoms with Gasteiger partial charge >= 0.3 is 0 Å². The molecular formula is C8H8N2O. The standard InChI is InChI=1S/C8H8N2O/c1-6(11)7(5-9)8-3-2-4-10-8/h2-4,7,10H,1H3. The van der Waals surface area contributed by atoms with Crippen LogP contribution in [0, 0.1) is 11.3 Å². The minimum absolute atomic E-state index is 0.130. The van der Waals surface area contributed by atoms with Crippen molar-refractivity contribution in [3.8, 4) is 6.07 Å². The molecule has 0 bridgehead atoms. The van der Waals surface area contributed by atoms with Gasteiger partial charge in [-0.15, -0.1) is 0 Å². The summed E-state index contributed by atoms with van der Waals surface area (Å²) in [5, 5.41) is 8.58. The molecule has 56 valence electrons. The zero-order valence-corrected chi connectivity index (χ0v) is 6.16. The van der Waals surface area contributed by atoms with Gasteiger partial charge in [0.15, 0.2) is 5.78 Å². The van der Waals surface area contributed by atoms with Gasteiger partial charge in [-0.25, -0.2) is 0 Å². The van der Waals surface area contributed by atoms with Crippen molar-refractivity contribution in [3.05, 3.63) is 24.0 Å². The van der Waals surface area contributed by atoms with Gasteiger partial charge in [0, 0.05) is 11.9 Å². The molecule has 11 heavy (non-hydrogen) atoms. The first-order chi connectivity index (χ1) is 5.25. The Morgan fingerprint density at radius 3 is 2.91 bits per heavy atom. The van der Waals surface area contributed by atoms with Crippen molar-refractivity contribution in [2.45, 2.75) is 12.8 Å². The van der Waals surface area contributed by atoms with Crippen molar-refractivity contribution in [2.24, 2.45) is 0 Å². The summed E-state index contributed by atoms with van der Waals surface area (Å²) in [5.74, 6) is -0.764. The second-order valence-corrected chi connectivity index (χ2v) is 2.30. The molecule has 1 rings (SSSR count). The third-order valence-electron chi connectivity index (χ3n) is 1.47. The van der Waals surface area contributed by atoms with E-state index >= 15 is 0 Å². The molecule has 1 N–H and O–H groups in total. The number of carbonyl (C=O) groups excluding carboxylic acids is 1. The van der Waals surface area contributed by atoms with Gasteiger partial charge in [-0.2, -0.15) is 5.26 Å². The Bertz CT molecular complexity index is 282. The van der Waals surface area contributed by atoms with Crippen LogP contribution in [-0.4, -0.2) is 10.8 Å². The SMILES string of the molecule is CC(=O)C(C#N)c1ccc[nH]1. The summed E-state index contributed by atoms with van der Waals surface area (Å²) < 4.78 is 0. The molecule has 0 saturated heterocycles. The van der Waals surface area contributed by atoms with Crippen LogP contribution in [0.15, 0.2) is 18.3 Å². The molecule has 0 saturated carbocycles. The molecule has 0 radical (unpaired) electrons. The predicted octanol–water partition coefficient (Wildman–Crippen LogP) is 1.21. The molecular weight excluding hydrogens is 140 g/mol. The van der Waals surface area contributed by atoms with Crippen LogP contribution in [0.4, 0.5) is 0 Å². The number of nitriles is 1. The van der Waals surface area contributed by atoms with Crippen LogP contribution in [0.5, 0.6) is 0 Å². The number of rotatable bonds is 2. The molecule has 0 aromatic carbocycles. The summed E-state index contributed by atoms with van der Waals surface area (Å²) in [7, 11) is 0. The highest BCUT2D eigenvalue weighted by Gasteiger charge is 2.15. The molecule has 0 spiro atoms. The van der Waals surface area contributed by atoms with Gasteiger partial charge < -0.3 is 4.98 Å². The number of ketones is 1. The Morgan fingerprint density at radius 2 is 2.55 bits per heavy atom. The van der Waals surface area contributed by atoms with E-state index in [1.165, 1.54) is 6.92 Å². The van der Waals surface area contributed by atoms with Crippen LogP contribution < -0.4 is 0 Å². The van der Waals surface area contributed by atoms with Gasteiger partial charge in [-0.05, 0) is 19.1 Å². The molecule has 1 heterocycles. The number of Topliss-reactive ketones (excluding diaryl/α,β-unsaturated/α-hetero) is 1. The van der Waals surface area contributed by atoms with Gasteiger partial charge in [0.1, 0.15) is 5.92 Å². The van der Waals surface area contributed by atoms with Crippen LogP contribution >= 0.6 is 0 Å².